The third kappa shape index (κ3) is 14.2. The number of sulfone groups is 1. The number of piperazine rings is 3. The van der Waals surface area contributed by atoms with Crippen LogP contribution in [0.5, 0.6) is 0 Å². The summed E-state index contributed by atoms with van der Waals surface area (Å²) in [4.78, 5) is 14.6. The lowest BCUT2D eigenvalue weighted by atomic mass is 10.1. The van der Waals surface area contributed by atoms with Gasteiger partial charge < -0.3 is 28.4 Å². The Labute approximate surface area is 573 Å². The molecule has 3 aliphatic rings. The maximum absolute atomic E-state index is 13.2. The molecule has 23 nitrogen and oxygen atoms in total. The number of rotatable bonds is 16. The van der Waals surface area contributed by atoms with E-state index in [0.29, 0.717) is 45.2 Å². The van der Waals surface area contributed by atoms with Crippen LogP contribution in [0.1, 0.15) is 0 Å². The molecule has 0 saturated carbocycles. The Morgan fingerprint density at radius 2 is 0.698 bits per heavy atom. The second-order valence-electron chi connectivity index (χ2n) is 25.2. The van der Waals surface area contributed by atoms with Crippen LogP contribution in [-0.4, -0.2) is 237 Å². The minimum absolute atomic E-state index is 0.172. The van der Waals surface area contributed by atoms with Crippen LogP contribution in [-0.2, 0) is 50.6 Å². The zero-order valence-electron chi connectivity index (χ0n) is 55.5. The largest absolute Gasteiger partial charge is 0.349 e. The lowest BCUT2D eigenvalue weighted by molar-refractivity contribution is 0.149. The van der Waals surface area contributed by atoms with Crippen molar-refractivity contribution in [2.75, 3.05) is 126 Å². The fourth-order valence-corrected chi connectivity index (χ4v) is 14.9. The predicted molar refractivity (Wildman–Crippen MR) is 383 cm³/mol. The topological polar surface area (TPSA) is 199 Å². The van der Waals surface area contributed by atoms with E-state index >= 15 is 0 Å². The molecule has 0 atom stereocenters. The van der Waals surface area contributed by atoms with Crippen LogP contribution in [0.2, 0.25) is 5.02 Å². The van der Waals surface area contributed by atoms with Gasteiger partial charge in [-0.05, 0) is 73.5 Å². The quantitative estimate of drug-likeness (QED) is 0.0886. The molecule has 0 radical (unpaired) electrons. The number of hydrogen-bond acceptors (Lipinski definition) is 17. The molecule has 3 aliphatic heterocycles. The number of likely N-dealkylation sites (N-methyl/N-ethyl adjacent to an activating group) is 3. The van der Waals surface area contributed by atoms with Gasteiger partial charge in [0.1, 0.15) is 39.1 Å². The van der Waals surface area contributed by atoms with Crippen molar-refractivity contribution in [2.45, 2.75) is 24.5 Å². The van der Waals surface area contributed by atoms with Gasteiger partial charge in [0.05, 0.1) is 62.4 Å². The zero-order valence-corrected chi connectivity index (χ0v) is 58.6. The van der Waals surface area contributed by atoms with Crippen LogP contribution in [0.15, 0.2) is 155 Å². The fraction of sp³-hybridized carbons (Fsp3) is 0.357. The Balaban J connectivity index is 0.000000130. The summed E-state index contributed by atoms with van der Waals surface area (Å²) in [6.45, 7) is 17.7. The average Bonchev–Trinajstić information content (AvgIpc) is 1.56. The van der Waals surface area contributed by atoms with Gasteiger partial charge in [-0.2, -0.15) is 15.3 Å². The molecule has 96 heavy (non-hydrogen) atoms. The lowest BCUT2D eigenvalue weighted by Gasteiger charge is -2.32. The van der Waals surface area contributed by atoms with Crippen LogP contribution in [0.25, 0.3) is 101 Å². The maximum atomic E-state index is 13.2. The van der Waals surface area contributed by atoms with Crippen molar-refractivity contribution in [1.82, 2.24) is 103 Å². The second-order valence-corrected chi connectivity index (χ2v) is 28.4. The first-order valence-corrected chi connectivity index (χ1v) is 35.7. The number of nitrogens with zero attached hydrogens (tertiary/aromatic N) is 21. The van der Waals surface area contributed by atoms with Gasteiger partial charge in [-0.3, -0.25) is 14.7 Å². The van der Waals surface area contributed by atoms with Crippen LogP contribution < -0.4 is 0 Å². The van der Waals surface area contributed by atoms with Gasteiger partial charge in [-0.15, -0.1) is 30.6 Å². The summed E-state index contributed by atoms with van der Waals surface area (Å²) in [5.41, 5.74) is 11.9. The number of aromatic nitrogens is 15. The van der Waals surface area contributed by atoms with Crippen molar-refractivity contribution in [3.8, 4) is 67.9 Å². The van der Waals surface area contributed by atoms with E-state index in [1.807, 2.05) is 161 Å². The Hall–Kier alpha value is -8.37. The van der Waals surface area contributed by atoms with E-state index in [4.69, 9.17) is 26.9 Å². The summed E-state index contributed by atoms with van der Waals surface area (Å²) in [5.74, 6) is 0. The molecule has 0 N–H and O–H groups in total. The predicted octanol–water partition coefficient (Wildman–Crippen LogP) is 9.06. The van der Waals surface area contributed by atoms with Crippen LogP contribution in [0.4, 0.5) is 0 Å². The number of benzene rings is 3. The highest BCUT2D eigenvalue weighted by molar-refractivity contribution is 9.10. The molecule has 3 fully saturated rings. The van der Waals surface area contributed by atoms with E-state index in [0.717, 1.165) is 183 Å². The first-order chi connectivity index (χ1) is 46.6. The molecular weight excluding hydrogens is 1310 g/mol. The minimum atomic E-state index is -3.64. The summed E-state index contributed by atoms with van der Waals surface area (Å²) in [5, 5.41) is 45.1. The average molecular weight is 1400 g/mol. The molecule has 0 unspecified atom stereocenters. The van der Waals surface area contributed by atoms with E-state index in [-0.39, 0.29) is 4.90 Å². The minimum Gasteiger partial charge on any atom is -0.349 e. The van der Waals surface area contributed by atoms with Gasteiger partial charge in [0.25, 0.3) is 0 Å². The van der Waals surface area contributed by atoms with E-state index in [1.165, 1.54) is 6.26 Å². The normalized spacial score (nSPS) is 15.8. The third-order valence-electron chi connectivity index (χ3n) is 18.6. The molecule has 26 heteroatoms. The van der Waals surface area contributed by atoms with Gasteiger partial charge in [0, 0.05) is 161 Å². The monoisotopic (exact) mass is 1390 g/mol. The molecule has 9 aromatic heterocycles. The van der Waals surface area contributed by atoms with Gasteiger partial charge in [-0.25, -0.2) is 22.5 Å². The molecule has 498 valence electrons. The SMILES string of the molecule is CN1CCN(CCn2nc(-c3cccn3C)c3c(Br)c(-c4ccccc4)nnc32)CC1.CN1CCN(CCn2nc(-c3cccn3C)c3c(Cl)c(-c4ccccc4)nnc32)CC1.CN1CCN(CCn2nc(-c3cccn3C)c3c(S(C)(=O)=O)c(-c4ccccc4)nnc32)CC1. The second kappa shape index (κ2) is 29.1. The van der Waals surface area contributed by atoms with Crippen molar-refractivity contribution < 1.29 is 8.42 Å². The van der Waals surface area contributed by atoms with Crippen molar-refractivity contribution >= 4 is 70.5 Å². The Morgan fingerprint density at radius 3 is 1.07 bits per heavy atom. The van der Waals surface area contributed by atoms with Crippen molar-refractivity contribution in [2.24, 2.45) is 21.1 Å². The smallest absolute Gasteiger partial charge is 0.182 e. The van der Waals surface area contributed by atoms with E-state index in [2.05, 4.69) is 130 Å². The summed E-state index contributed by atoms with van der Waals surface area (Å²) in [7, 11) is 8.84. The molecule has 0 aliphatic carbocycles. The molecule has 0 bridgehead atoms. The van der Waals surface area contributed by atoms with E-state index < -0.39 is 9.84 Å². The van der Waals surface area contributed by atoms with Crippen molar-refractivity contribution in [3.05, 3.63) is 155 Å². The van der Waals surface area contributed by atoms with E-state index in [9.17, 15) is 8.42 Å². The van der Waals surface area contributed by atoms with Gasteiger partial charge >= 0.3 is 0 Å². The summed E-state index contributed by atoms with van der Waals surface area (Å²) in [6.07, 6.45) is 7.22. The first kappa shape index (κ1) is 66.3. The molecule has 3 aromatic carbocycles. The molecule has 12 heterocycles. The molecular formula is C70H81BrClN21O2S. The Morgan fingerprint density at radius 1 is 0.375 bits per heavy atom. The summed E-state index contributed by atoms with van der Waals surface area (Å²) >= 11 is 10.8. The highest BCUT2D eigenvalue weighted by Crippen LogP contribution is 2.41. The van der Waals surface area contributed by atoms with Gasteiger partial charge in [0.15, 0.2) is 26.8 Å². The molecule has 3 saturated heterocycles. The van der Waals surface area contributed by atoms with Crippen LogP contribution in [0, 0.1) is 0 Å². The fourth-order valence-electron chi connectivity index (χ4n) is 12.8. The summed E-state index contributed by atoms with van der Waals surface area (Å²) < 4.78 is 39.2. The van der Waals surface area contributed by atoms with Crippen molar-refractivity contribution in [1.29, 1.82) is 0 Å². The number of hydrogen-bond donors (Lipinski definition) is 0. The number of aryl methyl sites for hydroxylation is 3. The highest BCUT2D eigenvalue weighted by Gasteiger charge is 2.30. The molecule has 0 amide bonds. The first-order valence-electron chi connectivity index (χ1n) is 32.6. The van der Waals surface area contributed by atoms with Crippen LogP contribution in [0.3, 0.4) is 0 Å². The van der Waals surface area contributed by atoms with Crippen LogP contribution >= 0.6 is 27.5 Å². The zero-order chi connectivity index (χ0) is 66.6. The van der Waals surface area contributed by atoms with Gasteiger partial charge in [-0.1, -0.05) is 103 Å². The maximum Gasteiger partial charge on any atom is 0.182 e. The highest BCUT2D eigenvalue weighted by atomic mass is 79.9. The lowest BCUT2D eigenvalue weighted by Crippen LogP contribution is -2.45. The van der Waals surface area contributed by atoms with Gasteiger partial charge in [0.2, 0.25) is 0 Å². The summed E-state index contributed by atoms with van der Waals surface area (Å²) in [6, 6.07) is 41.5. The van der Waals surface area contributed by atoms with Crippen molar-refractivity contribution in [3.63, 3.8) is 0 Å². The molecule has 12 aromatic rings. The Bertz CT molecular complexity index is 4560. The number of halogens is 2. The third-order valence-corrected chi connectivity index (χ3v) is 20.8. The molecule has 0 spiro atoms. The molecule has 15 rings (SSSR count). The van der Waals surface area contributed by atoms with E-state index in [1.54, 1.807) is 0 Å². The Kier molecular flexibility index (Phi) is 20.1. The number of fused-ring (bicyclic) bond motifs is 3. The standard InChI is InChI=1S/C24H29N7O2S.C23H26BrN7.C23H26ClN7/c1-28-12-14-30(15-13-28)16-17-31-24-20(22(27-31)19-10-7-11-29(19)2)23(34(3,32)33)21(25-26-24)18-8-5-4-6-9-18;2*1-28-11-13-30(14-12-28)15-16-31-23-19(22(27-31)18-9-6-10-29(18)2)20(24)21(25-26-23)17-7-4-3-5-8-17/h4-11H,12-17H2,1-3H3;2*3-10H,11-16H2,1-2H3.